The summed E-state index contributed by atoms with van der Waals surface area (Å²) >= 11 is 0. The summed E-state index contributed by atoms with van der Waals surface area (Å²) in [5.74, 6) is -0.935. The fourth-order valence-electron chi connectivity index (χ4n) is 2.40. The summed E-state index contributed by atoms with van der Waals surface area (Å²) in [6, 6.07) is 24.2. The number of benzene rings is 3. The topological polar surface area (TPSA) is 61.7 Å². The van der Waals surface area contributed by atoms with Gasteiger partial charge in [0.25, 0.3) is 0 Å². The second kappa shape index (κ2) is 7.24. The molecule has 0 saturated heterocycles. The molecule has 0 radical (unpaired) electrons. The number of hydrogen-bond acceptors (Lipinski definition) is 3. The minimum atomic E-state index is -0.935. The van der Waals surface area contributed by atoms with Crippen molar-refractivity contribution in [2.45, 2.75) is 0 Å². The van der Waals surface area contributed by atoms with Crippen LogP contribution in [0.25, 0.3) is 11.1 Å². The Balaban J connectivity index is 1.84. The SMILES string of the molecule is O=C(O)c1ccccc1-c1cccc(C=NNc2ccccc2)c1. The second-order valence-electron chi connectivity index (χ2n) is 5.21. The molecule has 0 aliphatic rings. The zero-order valence-corrected chi connectivity index (χ0v) is 12.9. The van der Waals surface area contributed by atoms with Crippen LogP contribution >= 0.6 is 0 Å². The van der Waals surface area contributed by atoms with Crippen molar-refractivity contribution in [2.24, 2.45) is 5.10 Å². The molecular formula is C20H16N2O2. The molecule has 0 bridgehead atoms. The Bertz CT molecular complexity index is 874. The molecule has 0 aromatic heterocycles. The van der Waals surface area contributed by atoms with Crippen molar-refractivity contribution in [3.63, 3.8) is 0 Å². The molecule has 0 atom stereocenters. The number of nitrogens with zero attached hydrogens (tertiary/aromatic N) is 1. The molecule has 3 aromatic carbocycles. The summed E-state index contributed by atoms with van der Waals surface area (Å²) in [5, 5.41) is 13.5. The summed E-state index contributed by atoms with van der Waals surface area (Å²) in [6.07, 6.45) is 1.71. The van der Waals surface area contributed by atoms with E-state index in [4.69, 9.17) is 0 Å². The molecular weight excluding hydrogens is 300 g/mol. The van der Waals surface area contributed by atoms with Crippen molar-refractivity contribution in [3.8, 4) is 11.1 Å². The van der Waals surface area contributed by atoms with Crippen molar-refractivity contribution in [2.75, 3.05) is 5.43 Å². The molecule has 2 N–H and O–H groups in total. The van der Waals surface area contributed by atoms with Crippen molar-refractivity contribution in [3.05, 3.63) is 90.0 Å². The second-order valence-corrected chi connectivity index (χ2v) is 5.21. The molecule has 0 heterocycles. The zero-order chi connectivity index (χ0) is 16.8. The molecule has 0 aliphatic carbocycles. The van der Waals surface area contributed by atoms with E-state index in [0.29, 0.717) is 5.56 Å². The van der Waals surface area contributed by atoms with Crippen LogP contribution in [-0.4, -0.2) is 17.3 Å². The van der Waals surface area contributed by atoms with Gasteiger partial charge in [-0.2, -0.15) is 5.10 Å². The third-order valence-electron chi connectivity index (χ3n) is 3.54. The number of nitrogens with one attached hydrogen (secondary N) is 1. The smallest absolute Gasteiger partial charge is 0.336 e. The molecule has 3 aromatic rings. The molecule has 0 spiro atoms. The molecule has 118 valence electrons. The van der Waals surface area contributed by atoms with Gasteiger partial charge in [-0.3, -0.25) is 5.43 Å². The molecule has 0 unspecified atom stereocenters. The molecule has 0 amide bonds. The maximum atomic E-state index is 11.4. The van der Waals surface area contributed by atoms with Gasteiger partial charge in [-0.05, 0) is 41.0 Å². The van der Waals surface area contributed by atoms with Crippen LogP contribution in [0.5, 0.6) is 0 Å². The number of carboxylic acids is 1. The van der Waals surface area contributed by atoms with E-state index in [1.165, 1.54) is 0 Å². The van der Waals surface area contributed by atoms with E-state index in [-0.39, 0.29) is 5.56 Å². The number of carbonyl (C=O) groups is 1. The maximum Gasteiger partial charge on any atom is 0.336 e. The molecule has 4 heteroatoms. The highest BCUT2D eigenvalue weighted by Crippen LogP contribution is 2.24. The number of aromatic carboxylic acids is 1. The van der Waals surface area contributed by atoms with Crippen LogP contribution in [0.15, 0.2) is 84.0 Å². The Kier molecular flexibility index (Phi) is 4.68. The van der Waals surface area contributed by atoms with Crippen molar-refractivity contribution >= 4 is 17.9 Å². The summed E-state index contributed by atoms with van der Waals surface area (Å²) in [4.78, 5) is 11.4. The lowest BCUT2D eigenvalue weighted by atomic mass is 9.98. The van der Waals surface area contributed by atoms with Gasteiger partial charge in [-0.15, -0.1) is 0 Å². The third-order valence-corrected chi connectivity index (χ3v) is 3.54. The summed E-state index contributed by atoms with van der Waals surface area (Å²) < 4.78 is 0. The largest absolute Gasteiger partial charge is 0.478 e. The first-order chi connectivity index (χ1) is 11.7. The van der Waals surface area contributed by atoms with Gasteiger partial charge in [0, 0.05) is 0 Å². The summed E-state index contributed by atoms with van der Waals surface area (Å²) in [6.45, 7) is 0. The maximum absolute atomic E-state index is 11.4. The van der Waals surface area contributed by atoms with E-state index in [2.05, 4.69) is 10.5 Å². The van der Waals surface area contributed by atoms with E-state index >= 15 is 0 Å². The standard InChI is InChI=1S/C20H16N2O2/c23-20(24)19-12-5-4-11-18(19)16-8-6-7-15(13-16)14-21-22-17-9-2-1-3-10-17/h1-14,22H,(H,23,24). The summed E-state index contributed by atoms with van der Waals surface area (Å²) in [5.41, 5.74) is 6.57. The van der Waals surface area contributed by atoms with Crippen LogP contribution in [0, 0.1) is 0 Å². The first-order valence-electron chi connectivity index (χ1n) is 7.51. The Morgan fingerprint density at radius 3 is 2.46 bits per heavy atom. The minimum absolute atomic E-state index is 0.286. The highest BCUT2D eigenvalue weighted by atomic mass is 16.4. The Morgan fingerprint density at radius 1 is 0.917 bits per heavy atom. The number of rotatable bonds is 5. The monoisotopic (exact) mass is 316 g/mol. The van der Waals surface area contributed by atoms with Crippen molar-refractivity contribution in [1.29, 1.82) is 0 Å². The third kappa shape index (κ3) is 3.67. The lowest BCUT2D eigenvalue weighted by Crippen LogP contribution is -1.99. The zero-order valence-electron chi connectivity index (χ0n) is 12.9. The van der Waals surface area contributed by atoms with E-state index in [9.17, 15) is 9.90 Å². The molecule has 3 rings (SSSR count). The van der Waals surface area contributed by atoms with Crippen LogP contribution in [-0.2, 0) is 0 Å². The van der Waals surface area contributed by atoms with E-state index in [1.807, 2.05) is 66.7 Å². The fourth-order valence-corrected chi connectivity index (χ4v) is 2.40. The average molecular weight is 316 g/mol. The van der Waals surface area contributed by atoms with Crippen LogP contribution in [0.2, 0.25) is 0 Å². The molecule has 0 aliphatic heterocycles. The number of para-hydroxylation sites is 1. The number of hydrogen-bond donors (Lipinski definition) is 2. The van der Waals surface area contributed by atoms with Gasteiger partial charge in [0.05, 0.1) is 17.5 Å². The predicted molar refractivity (Wildman–Crippen MR) is 96.5 cm³/mol. The van der Waals surface area contributed by atoms with Gasteiger partial charge in [0.2, 0.25) is 0 Å². The van der Waals surface area contributed by atoms with Gasteiger partial charge in [-0.1, -0.05) is 54.6 Å². The van der Waals surface area contributed by atoms with Gasteiger partial charge in [0.15, 0.2) is 0 Å². The quantitative estimate of drug-likeness (QED) is 0.538. The molecule has 0 saturated carbocycles. The Hall–Kier alpha value is -3.40. The van der Waals surface area contributed by atoms with Gasteiger partial charge < -0.3 is 5.11 Å². The average Bonchev–Trinajstić information content (AvgIpc) is 2.63. The van der Waals surface area contributed by atoms with E-state index < -0.39 is 5.97 Å². The van der Waals surface area contributed by atoms with Crippen LogP contribution < -0.4 is 5.43 Å². The Morgan fingerprint density at radius 2 is 1.67 bits per heavy atom. The number of anilines is 1. The van der Waals surface area contributed by atoms with E-state index in [0.717, 1.165) is 16.8 Å². The van der Waals surface area contributed by atoms with Crippen LogP contribution in [0.1, 0.15) is 15.9 Å². The van der Waals surface area contributed by atoms with Crippen LogP contribution in [0.4, 0.5) is 5.69 Å². The first kappa shape index (κ1) is 15.5. The highest BCUT2D eigenvalue weighted by Gasteiger charge is 2.10. The molecule has 4 nitrogen and oxygen atoms in total. The summed E-state index contributed by atoms with van der Waals surface area (Å²) in [7, 11) is 0. The number of hydrazone groups is 1. The lowest BCUT2D eigenvalue weighted by Gasteiger charge is -2.07. The highest BCUT2D eigenvalue weighted by molar-refractivity contribution is 5.96. The predicted octanol–water partition coefficient (Wildman–Crippen LogP) is 4.50. The normalized spacial score (nSPS) is 10.7. The fraction of sp³-hybridized carbons (Fsp3) is 0. The minimum Gasteiger partial charge on any atom is -0.478 e. The molecule has 0 fully saturated rings. The Labute approximate surface area is 140 Å². The van der Waals surface area contributed by atoms with Crippen molar-refractivity contribution in [1.82, 2.24) is 0 Å². The van der Waals surface area contributed by atoms with Gasteiger partial charge in [0.1, 0.15) is 0 Å². The molecule has 24 heavy (non-hydrogen) atoms. The van der Waals surface area contributed by atoms with Gasteiger partial charge >= 0.3 is 5.97 Å². The van der Waals surface area contributed by atoms with Crippen molar-refractivity contribution < 1.29 is 9.90 Å². The van der Waals surface area contributed by atoms with Gasteiger partial charge in [-0.25, -0.2) is 4.79 Å². The first-order valence-corrected chi connectivity index (χ1v) is 7.51. The van der Waals surface area contributed by atoms with Crippen LogP contribution in [0.3, 0.4) is 0 Å². The van der Waals surface area contributed by atoms with E-state index in [1.54, 1.807) is 18.3 Å². The number of carboxylic acid groups (broad SMARTS) is 1. The lowest BCUT2D eigenvalue weighted by molar-refractivity contribution is 0.0697.